The molecule has 2 aromatic carbocycles. The zero-order chi connectivity index (χ0) is 16.6. The zero-order valence-electron chi connectivity index (χ0n) is 14.5. The Balaban J connectivity index is 2.79. The average Bonchev–Trinajstić information content (AvgIpc) is 2.49. The highest BCUT2D eigenvalue weighted by atomic mass is 16.3. The number of benzene rings is 2. The van der Waals surface area contributed by atoms with Crippen LogP contribution in [0.15, 0.2) is 12.1 Å². The van der Waals surface area contributed by atoms with Crippen LogP contribution in [0.1, 0.15) is 46.7 Å². The minimum Gasteiger partial charge on any atom is -0.507 e. The first kappa shape index (κ1) is 16.4. The van der Waals surface area contributed by atoms with Gasteiger partial charge in [0.15, 0.2) is 0 Å². The molecule has 0 heterocycles. The fourth-order valence-electron chi connectivity index (χ4n) is 3.16. The monoisotopic (exact) mass is 298 g/mol. The van der Waals surface area contributed by atoms with Gasteiger partial charge in [0, 0.05) is 0 Å². The molecule has 0 spiro atoms. The number of rotatable bonds is 3. The predicted molar refractivity (Wildman–Crippen MR) is 92.9 cm³/mol. The molecular formula is C20H26O2. The molecule has 0 amide bonds. The summed E-state index contributed by atoms with van der Waals surface area (Å²) in [6.07, 6.45) is 1.88. The minimum atomic E-state index is 0.378. The second-order valence-electron chi connectivity index (χ2n) is 6.28. The van der Waals surface area contributed by atoms with Crippen LogP contribution in [-0.2, 0) is 6.42 Å². The van der Waals surface area contributed by atoms with Gasteiger partial charge in [0.1, 0.15) is 11.5 Å². The first-order valence-electron chi connectivity index (χ1n) is 7.91. The quantitative estimate of drug-likeness (QED) is 0.811. The molecule has 118 valence electrons. The van der Waals surface area contributed by atoms with E-state index in [0.29, 0.717) is 11.5 Å². The summed E-state index contributed by atoms with van der Waals surface area (Å²) < 4.78 is 0. The van der Waals surface area contributed by atoms with Gasteiger partial charge in [0.25, 0.3) is 0 Å². The summed E-state index contributed by atoms with van der Waals surface area (Å²) in [5.41, 5.74) is 8.30. The molecule has 0 unspecified atom stereocenters. The molecule has 0 saturated heterocycles. The number of phenolic OH excluding ortho intramolecular Hbond substituents is 2. The molecule has 2 N–H and O–H groups in total. The first-order valence-corrected chi connectivity index (χ1v) is 7.91. The van der Waals surface area contributed by atoms with E-state index in [-0.39, 0.29) is 0 Å². The second-order valence-corrected chi connectivity index (χ2v) is 6.28. The van der Waals surface area contributed by atoms with Crippen LogP contribution in [0.25, 0.3) is 11.1 Å². The minimum absolute atomic E-state index is 0.378. The van der Waals surface area contributed by atoms with Crippen LogP contribution in [0, 0.1) is 34.6 Å². The van der Waals surface area contributed by atoms with Crippen molar-refractivity contribution in [3.8, 4) is 22.6 Å². The first-order chi connectivity index (χ1) is 10.3. The van der Waals surface area contributed by atoms with Gasteiger partial charge in [-0.3, -0.25) is 0 Å². The lowest BCUT2D eigenvalue weighted by Gasteiger charge is -2.19. The summed E-state index contributed by atoms with van der Waals surface area (Å²) in [7, 11) is 0. The average molecular weight is 298 g/mol. The van der Waals surface area contributed by atoms with Crippen molar-refractivity contribution in [3.05, 3.63) is 45.5 Å². The van der Waals surface area contributed by atoms with Crippen LogP contribution in [0.5, 0.6) is 11.5 Å². The van der Waals surface area contributed by atoms with Gasteiger partial charge >= 0.3 is 0 Å². The Bertz CT molecular complexity index is 727. The molecule has 0 aliphatic rings. The normalized spacial score (nSPS) is 11.0. The topological polar surface area (TPSA) is 40.5 Å². The van der Waals surface area contributed by atoms with Gasteiger partial charge in [-0.1, -0.05) is 13.3 Å². The van der Waals surface area contributed by atoms with Crippen LogP contribution in [-0.4, -0.2) is 10.2 Å². The van der Waals surface area contributed by atoms with Gasteiger partial charge in [-0.25, -0.2) is 0 Å². The molecular weight excluding hydrogens is 272 g/mol. The van der Waals surface area contributed by atoms with Crippen molar-refractivity contribution in [2.24, 2.45) is 0 Å². The Labute approximate surface area is 133 Å². The maximum absolute atomic E-state index is 10.4. The van der Waals surface area contributed by atoms with Crippen LogP contribution in [0.2, 0.25) is 0 Å². The van der Waals surface area contributed by atoms with Gasteiger partial charge in [0.05, 0.1) is 0 Å². The van der Waals surface area contributed by atoms with E-state index in [9.17, 15) is 10.2 Å². The molecule has 0 saturated carbocycles. The standard InChI is InChI=1S/C20H26O2/c1-7-8-16-15(6)18(10-12(3)20(16)22)17-9-11(2)19(21)14(5)13(17)4/h9-10,21-22H,7-8H2,1-6H3. The number of phenols is 2. The number of hydrogen-bond donors (Lipinski definition) is 2. The summed E-state index contributed by atoms with van der Waals surface area (Å²) >= 11 is 0. The van der Waals surface area contributed by atoms with E-state index in [1.807, 2.05) is 33.8 Å². The molecule has 2 nitrogen and oxygen atoms in total. The van der Waals surface area contributed by atoms with Gasteiger partial charge in [0.2, 0.25) is 0 Å². The molecule has 2 rings (SSSR count). The van der Waals surface area contributed by atoms with E-state index < -0.39 is 0 Å². The Hall–Kier alpha value is -1.96. The van der Waals surface area contributed by atoms with Crippen LogP contribution in [0.3, 0.4) is 0 Å². The lowest BCUT2D eigenvalue weighted by atomic mass is 9.87. The van der Waals surface area contributed by atoms with Gasteiger partial charge in [-0.2, -0.15) is 0 Å². The number of hydrogen-bond acceptors (Lipinski definition) is 2. The van der Waals surface area contributed by atoms with E-state index in [0.717, 1.165) is 57.3 Å². The number of aryl methyl sites for hydroxylation is 2. The fourth-order valence-corrected chi connectivity index (χ4v) is 3.16. The molecule has 22 heavy (non-hydrogen) atoms. The van der Waals surface area contributed by atoms with Gasteiger partial charge < -0.3 is 10.2 Å². The zero-order valence-corrected chi connectivity index (χ0v) is 14.5. The number of aromatic hydroxyl groups is 2. The van der Waals surface area contributed by atoms with Crippen molar-refractivity contribution < 1.29 is 10.2 Å². The maximum Gasteiger partial charge on any atom is 0.121 e. The summed E-state index contributed by atoms with van der Waals surface area (Å²) in [5.74, 6) is 0.802. The SMILES string of the molecule is CCCc1c(C)c(-c2cc(C)c(O)c(C)c2C)cc(C)c1O. The van der Waals surface area contributed by atoms with E-state index >= 15 is 0 Å². The maximum atomic E-state index is 10.4. The Kier molecular flexibility index (Phi) is 4.50. The van der Waals surface area contributed by atoms with Crippen LogP contribution < -0.4 is 0 Å². The Morgan fingerprint density at radius 2 is 1.23 bits per heavy atom. The second kappa shape index (κ2) is 6.04. The molecule has 0 fully saturated rings. The highest BCUT2D eigenvalue weighted by Crippen LogP contribution is 2.39. The molecule has 2 heteroatoms. The molecule has 0 atom stereocenters. The van der Waals surface area contributed by atoms with Crippen molar-refractivity contribution in [2.45, 2.75) is 54.4 Å². The summed E-state index contributed by atoms with van der Waals surface area (Å²) in [5, 5.41) is 20.5. The third-order valence-electron chi connectivity index (χ3n) is 4.72. The summed E-state index contributed by atoms with van der Waals surface area (Å²) in [6, 6.07) is 4.11. The van der Waals surface area contributed by atoms with E-state index in [1.54, 1.807) is 0 Å². The molecule has 0 aliphatic carbocycles. The molecule has 0 aromatic heterocycles. The van der Waals surface area contributed by atoms with Gasteiger partial charge in [-0.05, 0) is 97.7 Å². The Morgan fingerprint density at radius 1 is 0.727 bits per heavy atom. The largest absolute Gasteiger partial charge is 0.507 e. The summed E-state index contributed by atoms with van der Waals surface area (Å²) in [4.78, 5) is 0. The highest BCUT2D eigenvalue weighted by molar-refractivity contribution is 5.77. The smallest absolute Gasteiger partial charge is 0.121 e. The highest BCUT2D eigenvalue weighted by Gasteiger charge is 2.17. The van der Waals surface area contributed by atoms with Crippen molar-refractivity contribution in [1.29, 1.82) is 0 Å². The molecule has 2 aromatic rings. The van der Waals surface area contributed by atoms with E-state index in [1.165, 1.54) is 0 Å². The van der Waals surface area contributed by atoms with E-state index in [4.69, 9.17) is 0 Å². The summed E-state index contributed by atoms with van der Waals surface area (Å²) in [6.45, 7) is 12.1. The molecule has 0 aliphatic heterocycles. The lowest BCUT2D eigenvalue weighted by molar-refractivity contribution is 0.462. The van der Waals surface area contributed by atoms with Crippen molar-refractivity contribution in [1.82, 2.24) is 0 Å². The van der Waals surface area contributed by atoms with Crippen LogP contribution in [0.4, 0.5) is 0 Å². The van der Waals surface area contributed by atoms with Crippen LogP contribution >= 0.6 is 0 Å². The van der Waals surface area contributed by atoms with Crippen molar-refractivity contribution in [2.75, 3.05) is 0 Å². The molecule has 0 radical (unpaired) electrons. The van der Waals surface area contributed by atoms with Crippen molar-refractivity contribution in [3.63, 3.8) is 0 Å². The van der Waals surface area contributed by atoms with Crippen molar-refractivity contribution >= 4 is 0 Å². The third kappa shape index (κ3) is 2.58. The molecule has 0 bridgehead atoms. The third-order valence-corrected chi connectivity index (χ3v) is 4.72. The lowest BCUT2D eigenvalue weighted by Crippen LogP contribution is -1.98. The van der Waals surface area contributed by atoms with Gasteiger partial charge in [-0.15, -0.1) is 0 Å². The Morgan fingerprint density at radius 3 is 1.77 bits per heavy atom. The van der Waals surface area contributed by atoms with E-state index in [2.05, 4.69) is 19.9 Å². The predicted octanol–water partition coefficient (Wildman–Crippen LogP) is 5.26. The fraction of sp³-hybridized carbons (Fsp3) is 0.400.